The van der Waals surface area contributed by atoms with Gasteiger partial charge in [-0.25, -0.2) is 4.98 Å². The Hall–Kier alpha value is -2.67. The summed E-state index contributed by atoms with van der Waals surface area (Å²) < 4.78 is 2.20. The fourth-order valence-electron chi connectivity index (χ4n) is 2.58. The number of rotatable bonds is 2. The van der Waals surface area contributed by atoms with E-state index in [1.165, 1.54) is 0 Å². The highest BCUT2D eigenvalue weighted by molar-refractivity contribution is 5.82. The number of benzene rings is 1. The summed E-state index contributed by atoms with van der Waals surface area (Å²) in [6, 6.07) is 12.1. The summed E-state index contributed by atoms with van der Waals surface area (Å²) in [7, 11) is 0. The van der Waals surface area contributed by atoms with Gasteiger partial charge in [0.15, 0.2) is 0 Å². The van der Waals surface area contributed by atoms with Crippen molar-refractivity contribution in [2.75, 3.05) is 0 Å². The molecule has 2 aromatic heterocycles. The Balaban J connectivity index is 2.31. The van der Waals surface area contributed by atoms with Crippen LogP contribution in [0.5, 0.6) is 0 Å². The largest absolute Gasteiger partial charge is 0.321 e. The van der Waals surface area contributed by atoms with E-state index in [0.29, 0.717) is 5.56 Å². The molecule has 2 heterocycles. The minimum absolute atomic E-state index is 0.284. The Kier molecular flexibility index (Phi) is 3.19. The SMILES string of the molecule is Cc1cc(-c2nc3cc(C#N)ccc3n2C(C)C)ccn1. The molecule has 0 aliphatic carbocycles. The van der Waals surface area contributed by atoms with Crippen molar-refractivity contribution >= 4 is 11.0 Å². The third kappa shape index (κ3) is 2.27. The molecule has 0 saturated carbocycles. The van der Waals surface area contributed by atoms with Crippen LogP contribution in [0.3, 0.4) is 0 Å². The molecule has 0 amide bonds. The van der Waals surface area contributed by atoms with Crippen molar-refractivity contribution in [2.45, 2.75) is 26.8 Å². The zero-order valence-corrected chi connectivity index (χ0v) is 12.3. The van der Waals surface area contributed by atoms with Crippen molar-refractivity contribution in [2.24, 2.45) is 0 Å². The highest BCUT2D eigenvalue weighted by Crippen LogP contribution is 2.28. The van der Waals surface area contributed by atoms with Gasteiger partial charge >= 0.3 is 0 Å². The fraction of sp³-hybridized carbons (Fsp3) is 0.235. The fourth-order valence-corrected chi connectivity index (χ4v) is 2.58. The maximum absolute atomic E-state index is 9.04. The second-order valence-corrected chi connectivity index (χ2v) is 5.40. The van der Waals surface area contributed by atoms with Gasteiger partial charge in [0.2, 0.25) is 0 Å². The van der Waals surface area contributed by atoms with Crippen molar-refractivity contribution in [3.8, 4) is 17.5 Å². The second-order valence-electron chi connectivity index (χ2n) is 5.40. The summed E-state index contributed by atoms with van der Waals surface area (Å²) in [6.45, 7) is 6.24. The van der Waals surface area contributed by atoms with Crippen molar-refractivity contribution < 1.29 is 0 Å². The summed E-state index contributed by atoms with van der Waals surface area (Å²) >= 11 is 0. The predicted molar refractivity (Wildman–Crippen MR) is 82.8 cm³/mol. The van der Waals surface area contributed by atoms with E-state index in [2.05, 4.69) is 29.5 Å². The van der Waals surface area contributed by atoms with Gasteiger partial charge in [-0.1, -0.05) is 0 Å². The van der Waals surface area contributed by atoms with Crippen LogP contribution in [0.25, 0.3) is 22.4 Å². The van der Waals surface area contributed by atoms with E-state index in [1.54, 1.807) is 6.20 Å². The van der Waals surface area contributed by atoms with Gasteiger partial charge in [0, 0.05) is 23.5 Å². The Morgan fingerprint density at radius 3 is 2.67 bits per heavy atom. The van der Waals surface area contributed by atoms with Crippen LogP contribution in [0.4, 0.5) is 0 Å². The van der Waals surface area contributed by atoms with Gasteiger partial charge in [-0.2, -0.15) is 5.26 Å². The van der Waals surface area contributed by atoms with Crippen LogP contribution in [0.2, 0.25) is 0 Å². The summed E-state index contributed by atoms with van der Waals surface area (Å²) in [5, 5.41) is 9.04. The molecule has 0 saturated heterocycles. The molecule has 0 unspecified atom stereocenters. The lowest BCUT2D eigenvalue weighted by Gasteiger charge is -2.13. The molecule has 3 aromatic rings. The van der Waals surface area contributed by atoms with E-state index >= 15 is 0 Å². The third-order valence-electron chi connectivity index (χ3n) is 3.49. The van der Waals surface area contributed by atoms with Gasteiger partial charge in [0.05, 0.1) is 22.7 Å². The normalized spacial score (nSPS) is 11.0. The minimum Gasteiger partial charge on any atom is -0.321 e. The molecule has 3 rings (SSSR count). The summed E-state index contributed by atoms with van der Waals surface area (Å²) in [5.74, 6) is 0.917. The average Bonchev–Trinajstić information content (AvgIpc) is 2.85. The molecule has 21 heavy (non-hydrogen) atoms. The summed E-state index contributed by atoms with van der Waals surface area (Å²) in [6.07, 6.45) is 1.80. The molecule has 0 N–H and O–H groups in total. The van der Waals surface area contributed by atoms with Crippen LogP contribution in [-0.4, -0.2) is 14.5 Å². The first-order valence-electron chi connectivity index (χ1n) is 6.95. The van der Waals surface area contributed by atoms with Crippen LogP contribution in [0, 0.1) is 18.3 Å². The molecule has 0 spiro atoms. The van der Waals surface area contributed by atoms with Crippen LogP contribution in [0.1, 0.15) is 31.1 Å². The molecular weight excluding hydrogens is 260 g/mol. The van der Waals surface area contributed by atoms with Crippen LogP contribution in [-0.2, 0) is 0 Å². The van der Waals surface area contributed by atoms with Crippen molar-refractivity contribution in [1.82, 2.24) is 14.5 Å². The minimum atomic E-state index is 0.284. The molecule has 4 nitrogen and oxygen atoms in total. The van der Waals surface area contributed by atoms with Crippen molar-refractivity contribution in [3.05, 3.63) is 47.8 Å². The lowest BCUT2D eigenvalue weighted by molar-refractivity contribution is 0.624. The van der Waals surface area contributed by atoms with E-state index in [9.17, 15) is 0 Å². The van der Waals surface area contributed by atoms with Gasteiger partial charge in [0.1, 0.15) is 5.82 Å². The Bertz CT molecular complexity index is 853. The first-order chi connectivity index (χ1) is 10.1. The average molecular weight is 276 g/mol. The number of fused-ring (bicyclic) bond motifs is 1. The zero-order chi connectivity index (χ0) is 15.0. The molecule has 0 aliphatic rings. The van der Waals surface area contributed by atoms with Crippen LogP contribution in [0.15, 0.2) is 36.5 Å². The monoisotopic (exact) mass is 276 g/mol. The highest BCUT2D eigenvalue weighted by atomic mass is 15.1. The Morgan fingerprint density at radius 1 is 1.19 bits per heavy atom. The maximum Gasteiger partial charge on any atom is 0.141 e. The van der Waals surface area contributed by atoms with E-state index in [0.717, 1.165) is 28.1 Å². The van der Waals surface area contributed by atoms with Gasteiger partial charge in [0.25, 0.3) is 0 Å². The van der Waals surface area contributed by atoms with E-state index < -0.39 is 0 Å². The quantitative estimate of drug-likeness (QED) is 0.714. The molecule has 0 aliphatic heterocycles. The number of aromatic nitrogens is 3. The Morgan fingerprint density at radius 2 is 2.00 bits per heavy atom. The number of pyridine rings is 1. The number of imidazole rings is 1. The molecule has 104 valence electrons. The molecule has 0 bridgehead atoms. The molecule has 0 fully saturated rings. The first kappa shape index (κ1) is 13.3. The maximum atomic E-state index is 9.04. The standard InChI is InChI=1S/C17H16N4/c1-11(2)21-16-5-4-13(10-18)9-15(16)20-17(21)14-6-7-19-12(3)8-14/h4-9,11H,1-3H3. The zero-order valence-electron chi connectivity index (χ0n) is 12.3. The predicted octanol–water partition coefficient (Wildman–Crippen LogP) is 3.86. The highest BCUT2D eigenvalue weighted by Gasteiger charge is 2.15. The summed E-state index contributed by atoms with van der Waals surface area (Å²) in [4.78, 5) is 8.98. The Labute approximate surface area is 123 Å². The molecule has 0 atom stereocenters. The lowest BCUT2D eigenvalue weighted by atomic mass is 10.2. The van der Waals surface area contributed by atoms with Gasteiger partial charge in [-0.3, -0.25) is 4.98 Å². The number of nitriles is 1. The van der Waals surface area contributed by atoms with Crippen LogP contribution >= 0.6 is 0 Å². The van der Waals surface area contributed by atoms with Crippen LogP contribution < -0.4 is 0 Å². The van der Waals surface area contributed by atoms with Gasteiger partial charge in [-0.15, -0.1) is 0 Å². The smallest absolute Gasteiger partial charge is 0.141 e. The van der Waals surface area contributed by atoms with Crippen molar-refractivity contribution in [1.29, 1.82) is 5.26 Å². The molecule has 1 aromatic carbocycles. The van der Waals surface area contributed by atoms with Gasteiger partial charge < -0.3 is 4.57 Å². The molecule has 0 radical (unpaired) electrons. The third-order valence-corrected chi connectivity index (χ3v) is 3.49. The number of hydrogen-bond acceptors (Lipinski definition) is 3. The first-order valence-corrected chi connectivity index (χ1v) is 6.95. The molecular formula is C17H16N4. The van der Waals surface area contributed by atoms with E-state index in [-0.39, 0.29) is 6.04 Å². The van der Waals surface area contributed by atoms with Crippen molar-refractivity contribution in [3.63, 3.8) is 0 Å². The molecule has 4 heteroatoms. The van der Waals surface area contributed by atoms with E-state index in [4.69, 9.17) is 10.2 Å². The number of nitrogens with zero attached hydrogens (tertiary/aromatic N) is 4. The van der Waals surface area contributed by atoms with Gasteiger partial charge in [-0.05, 0) is 51.1 Å². The number of aryl methyl sites for hydroxylation is 1. The topological polar surface area (TPSA) is 54.5 Å². The van der Waals surface area contributed by atoms with E-state index in [1.807, 2.05) is 37.3 Å². The second kappa shape index (κ2) is 5.02. The number of hydrogen-bond donors (Lipinski definition) is 0. The summed E-state index contributed by atoms with van der Waals surface area (Å²) in [5.41, 5.74) is 4.55. The lowest BCUT2D eigenvalue weighted by Crippen LogP contribution is -2.03.